The number of hydrogen-bond donors (Lipinski definition) is 1. The number of amides is 1. The van der Waals surface area contributed by atoms with Crippen molar-refractivity contribution in [1.29, 1.82) is 0 Å². The Labute approximate surface area is 146 Å². The van der Waals surface area contributed by atoms with E-state index < -0.39 is 0 Å². The van der Waals surface area contributed by atoms with Crippen LogP contribution in [0.15, 0.2) is 79.1 Å². The number of aromatic nitrogens is 2. The molecule has 1 heterocycles. The lowest BCUT2D eigenvalue weighted by atomic mass is 10.2. The standard InChI is InChI=1S/C21H17N3O/c25-21(22-15-7-10-18-8-3-1-4-9-18)14-13-19-16-23-24(17-19)20-11-5-2-6-12-20/h1-6,8-9,11-14,16-17H,15H2,(H,22,25)/b14-13+. The largest absolute Gasteiger partial charge is 0.342 e. The number of para-hydroxylation sites is 1. The lowest BCUT2D eigenvalue weighted by molar-refractivity contribution is -0.116. The van der Waals surface area contributed by atoms with Crippen LogP contribution in [0.5, 0.6) is 0 Å². The first-order valence-electron chi connectivity index (χ1n) is 7.91. The van der Waals surface area contributed by atoms with Crippen LogP contribution in [0.2, 0.25) is 0 Å². The molecule has 1 aromatic heterocycles. The Kier molecular flexibility index (Phi) is 5.42. The van der Waals surface area contributed by atoms with Gasteiger partial charge in [-0.25, -0.2) is 4.68 Å². The fourth-order valence-corrected chi connectivity index (χ4v) is 2.17. The van der Waals surface area contributed by atoms with Gasteiger partial charge in [0.05, 0.1) is 18.4 Å². The smallest absolute Gasteiger partial charge is 0.244 e. The second-order valence-corrected chi connectivity index (χ2v) is 5.27. The van der Waals surface area contributed by atoms with Crippen molar-refractivity contribution >= 4 is 12.0 Å². The van der Waals surface area contributed by atoms with Gasteiger partial charge in [-0.3, -0.25) is 4.79 Å². The summed E-state index contributed by atoms with van der Waals surface area (Å²) in [6, 6.07) is 19.5. The molecule has 1 amide bonds. The fraction of sp³-hybridized carbons (Fsp3) is 0.0476. The molecule has 0 aliphatic heterocycles. The third-order valence-corrected chi connectivity index (χ3v) is 3.41. The summed E-state index contributed by atoms with van der Waals surface area (Å²) in [6.07, 6.45) is 6.79. The van der Waals surface area contributed by atoms with Gasteiger partial charge in [0, 0.05) is 23.4 Å². The maximum absolute atomic E-state index is 11.8. The van der Waals surface area contributed by atoms with E-state index in [2.05, 4.69) is 22.3 Å². The molecule has 25 heavy (non-hydrogen) atoms. The van der Waals surface area contributed by atoms with Crippen molar-refractivity contribution < 1.29 is 4.79 Å². The van der Waals surface area contributed by atoms with Crippen molar-refractivity contribution in [2.24, 2.45) is 0 Å². The summed E-state index contributed by atoms with van der Waals surface area (Å²) >= 11 is 0. The third kappa shape index (κ3) is 4.95. The molecule has 3 aromatic rings. The van der Waals surface area contributed by atoms with Gasteiger partial charge < -0.3 is 5.32 Å². The summed E-state index contributed by atoms with van der Waals surface area (Å²) in [7, 11) is 0. The van der Waals surface area contributed by atoms with Crippen LogP contribution in [0.25, 0.3) is 11.8 Å². The highest BCUT2D eigenvalue weighted by molar-refractivity contribution is 5.91. The Bertz CT molecular complexity index is 916. The summed E-state index contributed by atoms with van der Waals surface area (Å²) in [6.45, 7) is 0.307. The molecule has 3 rings (SSSR count). The summed E-state index contributed by atoms with van der Waals surface area (Å²) < 4.78 is 1.77. The van der Waals surface area contributed by atoms with Crippen LogP contribution in [-0.2, 0) is 4.79 Å². The fourth-order valence-electron chi connectivity index (χ4n) is 2.17. The molecule has 122 valence electrons. The summed E-state index contributed by atoms with van der Waals surface area (Å²) in [5.74, 6) is 5.73. The zero-order valence-corrected chi connectivity index (χ0v) is 13.6. The van der Waals surface area contributed by atoms with Crippen molar-refractivity contribution in [3.05, 3.63) is 90.3 Å². The van der Waals surface area contributed by atoms with E-state index in [9.17, 15) is 4.79 Å². The number of nitrogens with one attached hydrogen (secondary N) is 1. The van der Waals surface area contributed by atoms with E-state index in [0.29, 0.717) is 6.54 Å². The van der Waals surface area contributed by atoms with E-state index >= 15 is 0 Å². The van der Waals surface area contributed by atoms with Gasteiger partial charge in [-0.2, -0.15) is 5.10 Å². The molecule has 0 atom stereocenters. The predicted molar refractivity (Wildman–Crippen MR) is 98.9 cm³/mol. The molecule has 0 spiro atoms. The summed E-state index contributed by atoms with van der Waals surface area (Å²) in [5, 5.41) is 7.02. The lowest BCUT2D eigenvalue weighted by Gasteiger charge is -1.98. The monoisotopic (exact) mass is 327 g/mol. The first kappa shape index (κ1) is 16.3. The van der Waals surface area contributed by atoms with Crippen molar-refractivity contribution in [3.8, 4) is 17.5 Å². The molecule has 0 unspecified atom stereocenters. The minimum Gasteiger partial charge on any atom is -0.342 e. The first-order chi connectivity index (χ1) is 12.3. The van der Waals surface area contributed by atoms with E-state index in [-0.39, 0.29) is 5.91 Å². The van der Waals surface area contributed by atoms with Gasteiger partial charge in [-0.1, -0.05) is 48.2 Å². The Hall–Kier alpha value is -3.58. The number of nitrogens with zero attached hydrogens (tertiary/aromatic N) is 2. The van der Waals surface area contributed by atoms with Crippen molar-refractivity contribution in [1.82, 2.24) is 15.1 Å². The molecule has 4 heteroatoms. The molecule has 0 radical (unpaired) electrons. The van der Waals surface area contributed by atoms with Crippen LogP contribution >= 0.6 is 0 Å². The lowest BCUT2D eigenvalue weighted by Crippen LogP contribution is -2.20. The Morgan fingerprint density at radius 2 is 1.80 bits per heavy atom. The van der Waals surface area contributed by atoms with Gasteiger partial charge in [0.2, 0.25) is 5.91 Å². The van der Waals surface area contributed by atoms with Crippen LogP contribution < -0.4 is 5.32 Å². The maximum Gasteiger partial charge on any atom is 0.244 e. The average molecular weight is 327 g/mol. The number of benzene rings is 2. The van der Waals surface area contributed by atoms with Crippen LogP contribution in [0, 0.1) is 11.8 Å². The molecule has 0 bridgehead atoms. The minimum absolute atomic E-state index is 0.185. The van der Waals surface area contributed by atoms with E-state index in [4.69, 9.17) is 0 Å². The molecule has 4 nitrogen and oxygen atoms in total. The second kappa shape index (κ2) is 8.32. The molecular formula is C21H17N3O. The Morgan fingerprint density at radius 3 is 2.56 bits per heavy atom. The SMILES string of the molecule is O=C(/C=C/c1cnn(-c2ccccc2)c1)NCC#Cc1ccccc1. The number of carbonyl (C=O) groups excluding carboxylic acids is 1. The van der Waals surface area contributed by atoms with Gasteiger partial charge in [-0.15, -0.1) is 0 Å². The summed E-state index contributed by atoms with van der Waals surface area (Å²) in [4.78, 5) is 11.8. The minimum atomic E-state index is -0.185. The van der Waals surface area contributed by atoms with Crippen LogP contribution in [0.1, 0.15) is 11.1 Å². The molecule has 2 aromatic carbocycles. The van der Waals surface area contributed by atoms with E-state index in [0.717, 1.165) is 16.8 Å². The predicted octanol–water partition coefficient (Wildman–Crippen LogP) is 3.05. The summed E-state index contributed by atoms with van der Waals surface area (Å²) in [5.41, 5.74) is 2.76. The normalized spacial score (nSPS) is 10.2. The van der Waals surface area contributed by atoms with Gasteiger partial charge in [-0.05, 0) is 30.3 Å². The number of carbonyl (C=O) groups is 1. The zero-order valence-electron chi connectivity index (χ0n) is 13.6. The van der Waals surface area contributed by atoms with Gasteiger partial charge >= 0.3 is 0 Å². The molecule has 0 saturated heterocycles. The molecular weight excluding hydrogens is 310 g/mol. The molecule has 0 saturated carbocycles. The highest BCUT2D eigenvalue weighted by Crippen LogP contribution is 2.08. The Balaban J connectivity index is 1.51. The third-order valence-electron chi connectivity index (χ3n) is 3.41. The van der Waals surface area contributed by atoms with E-state index in [1.807, 2.05) is 66.9 Å². The molecule has 0 aliphatic rings. The van der Waals surface area contributed by atoms with E-state index in [1.54, 1.807) is 17.0 Å². The quantitative estimate of drug-likeness (QED) is 0.591. The molecule has 0 aliphatic carbocycles. The Morgan fingerprint density at radius 1 is 1.08 bits per heavy atom. The number of hydrogen-bond acceptors (Lipinski definition) is 2. The average Bonchev–Trinajstić information content (AvgIpc) is 3.14. The van der Waals surface area contributed by atoms with Crippen LogP contribution in [-0.4, -0.2) is 22.2 Å². The van der Waals surface area contributed by atoms with Gasteiger partial charge in [0.25, 0.3) is 0 Å². The zero-order chi connectivity index (χ0) is 17.3. The first-order valence-corrected chi connectivity index (χ1v) is 7.91. The highest BCUT2D eigenvalue weighted by Gasteiger charge is 1.98. The number of rotatable bonds is 4. The van der Waals surface area contributed by atoms with Crippen molar-refractivity contribution in [2.45, 2.75) is 0 Å². The van der Waals surface area contributed by atoms with Crippen molar-refractivity contribution in [3.63, 3.8) is 0 Å². The van der Waals surface area contributed by atoms with Crippen molar-refractivity contribution in [2.75, 3.05) is 6.54 Å². The highest BCUT2D eigenvalue weighted by atomic mass is 16.1. The maximum atomic E-state index is 11.8. The van der Waals surface area contributed by atoms with Crippen LogP contribution in [0.3, 0.4) is 0 Å². The van der Waals surface area contributed by atoms with Crippen LogP contribution in [0.4, 0.5) is 0 Å². The van der Waals surface area contributed by atoms with Gasteiger partial charge in [0.1, 0.15) is 0 Å². The molecule has 0 fully saturated rings. The van der Waals surface area contributed by atoms with E-state index in [1.165, 1.54) is 6.08 Å². The van der Waals surface area contributed by atoms with Gasteiger partial charge in [0.15, 0.2) is 0 Å². The molecule has 1 N–H and O–H groups in total. The second-order valence-electron chi connectivity index (χ2n) is 5.27. The topological polar surface area (TPSA) is 46.9 Å².